The lowest BCUT2D eigenvalue weighted by Crippen LogP contribution is -2.34. The molecule has 7 aromatic carbocycles. The molecule has 318 valence electrons. The fourth-order valence-electron chi connectivity index (χ4n) is 8.39. The zero-order chi connectivity index (χ0) is 44.3. The summed E-state index contributed by atoms with van der Waals surface area (Å²) in [5.41, 5.74) is 4.90. The Balaban J connectivity index is 1.11. The van der Waals surface area contributed by atoms with Gasteiger partial charge in [0.15, 0.2) is 0 Å². The highest BCUT2D eigenvalue weighted by Crippen LogP contribution is 2.36. The summed E-state index contributed by atoms with van der Waals surface area (Å²) in [5, 5.41) is 17.6. The molecule has 10 nitrogen and oxygen atoms in total. The smallest absolute Gasteiger partial charge is 0.410 e. The van der Waals surface area contributed by atoms with Crippen LogP contribution in [-0.4, -0.2) is 82.5 Å². The Labute approximate surface area is 362 Å². The lowest BCUT2D eigenvalue weighted by molar-refractivity contribution is -0.130. The molecule has 0 spiro atoms. The molecule has 0 aromatic heterocycles. The fourth-order valence-corrected chi connectivity index (χ4v) is 8.39. The highest BCUT2D eigenvalue weighted by molar-refractivity contribution is 6.07. The van der Waals surface area contributed by atoms with E-state index >= 15 is 0 Å². The van der Waals surface area contributed by atoms with Crippen molar-refractivity contribution in [2.24, 2.45) is 0 Å². The van der Waals surface area contributed by atoms with E-state index in [2.05, 4.69) is 24.3 Å². The molecule has 10 heteroatoms. The number of carbonyl (C=O) groups excluding carboxylic acids is 3. The SMILES string of the molecule is CN(Cc1c2ccccc2c(CN(C)C(=O)Cc2ccccc2CC(=O)N(C)Cc2c3ccccc3c(CN(C)C(=O)OC(C)(C)C)c3ccccc23)c2ccccc12)C(=O)O. The highest BCUT2D eigenvalue weighted by Gasteiger charge is 2.24. The predicted octanol–water partition coefficient (Wildman–Crippen LogP) is 10.2. The zero-order valence-corrected chi connectivity index (χ0v) is 36.6. The number of carboxylic acid groups (broad SMARTS) is 1. The second-order valence-corrected chi connectivity index (χ2v) is 17.2. The van der Waals surface area contributed by atoms with Crippen molar-refractivity contribution >= 4 is 67.1 Å². The quantitative estimate of drug-likeness (QED) is 0.123. The second-order valence-electron chi connectivity index (χ2n) is 17.2. The summed E-state index contributed by atoms with van der Waals surface area (Å²) >= 11 is 0. The van der Waals surface area contributed by atoms with Gasteiger partial charge in [0, 0.05) is 54.4 Å². The number of hydrogen-bond acceptors (Lipinski definition) is 5. The van der Waals surface area contributed by atoms with Crippen molar-refractivity contribution in [1.29, 1.82) is 0 Å². The van der Waals surface area contributed by atoms with Crippen LogP contribution in [0.2, 0.25) is 0 Å². The minimum Gasteiger partial charge on any atom is -0.465 e. The van der Waals surface area contributed by atoms with Gasteiger partial charge in [-0.15, -0.1) is 0 Å². The number of rotatable bonds is 12. The molecule has 7 aromatic rings. The van der Waals surface area contributed by atoms with E-state index in [1.54, 1.807) is 35.8 Å². The molecule has 0 heterocycles. The van der Waals surface area contributed by atoms with Crippen molar-refractivity contribution < 1.29 is 29.0 Å². The van der Waals surface area contributed by atoms with Crippen LogP contribution in [0.3, 0.4) is 0 Å². The Morgan fingerprint density at radius 2 is 0.694 bits per heavy atom. The van der Waals surface area contributed by atoms with Gasteiger partial charge >= 0.3 is 12.2 Å². The fraction of sp³-hybridized carbons (Fsp3) is 0.269. The maximum absolute atomic E-state index is 14.1. The first kappa shape index (κ1) is 43.2. The molecule has 0 bridgehead atoms. The summed E-state index contributed by atoms with van der Waals surface area (Å²) < 4.78 is 5.67. The van der Waals surface area contributed by atoms with E-state index in [-0.39, 0.29) is 31.2 Å². The predicted molar refractivity (Wildman–Crippen MR) is 247 cm³/mol. The zero-order valence-electron chi connectivity index (χ0n) is 36.6. The Morgan fingerprint density at radius 3 is 0.968 bits per heavy atom. The van der Waals surface area contributed by atoms with Gasteiger partial charge in [-0.3, -0.25) is 9.59 Å². The van der Waals surface area contributed by atoms with Crippen molar-refractivity contribution in [3.8, 4) is 0 Å². The van der Waals surface area contributed by atoms with Crippen molar-refractivity contribution in [3.05, 3.63) is 155 Å². The monoisotopic (exact) mass is 830 g/mol. The summed E-state index contributed by atoms with van der Waals surface area (Å²) in [6, 6.07) is 39.8. The number of likely N-dealkylation sites (N-methyl/N-ethyl adjacent to an activating group) is 2. The minimum atomic E-state index is -1.00. The van der Waals surface area contributed by atoms with Crippen LogP contribution in [0.1, 0.15) is 54.2 Å². The van der Waals surface area contributed by atoms with E-state index in [1.165, 1.54) is 4.90 Å². The summed E-state index contributed by atoms with van der Waals surface area (Å²) in [6.07, 6.45) is -1.16. The van der Waals surface area contributed by atoms with E-state index in [1.807, 2.05) is 125 Å². The van der Waals surface area contributed by atoms with Gasteiger partial charge in [-0.2, -0.15) is 0 Å². The van der Waals surface area contributed by atoms with Crippen molar-refractivity contribution in [2.75, 3.05) is 28.2 Å². The third-order valence-corrected chi connectivity index (χ3v) is 11.6. The Bertz CT molecular complexity index is 2730. The first-order chi connectivity index (χ1) is 29.6. The summed E-state index contributed by atoms with van der Waals surface area (Å²) in [6.45, 7) is 6.84. The van der Waals surface area contributed by atoms with Crippen LogP contribution in [0.5, 0.6) is 0 Å². The first-order valence-corrected chi connectivity index (χ1v) is 20.9. The minimum absolute atomic E-state index is 0.0771. The largest absolute Gasteiger partial charge is 0.465 e. The number of ether oxygens (including phenoxy) is 1. The van der Waals surface area contributed by atoms with Crippen molar-refractivity contribution in [3.63, 3.8) is 0 Å². The van der Waals surface area contributed by atoms with Crippen LogP contribution in [0, 0.1) is 0 Å². The molecule has 0 saturated carbocycles. The van der Waals surface area contributed by atoms with Crippen LogP contribution >= 0.6 is 0 Å². The molecule has 0 aliphatic heterocycles. The summed E-state index contributed by atoms with van der Waals surface area (Å²) in [7, 11) is 6.93. The number of amides is 4. The first-order valence-electron chi connectivity index (χ1n) is 20.9. The molecule has 0 fully saturated rings. The third-order valence-electron chi connectivity index (χ3n) is 11.6. The van der Waals surface area contributed by atoms with Gasteiger partial charge < -0.3 is 29.4 Å². The third kappa shape index (κ3) is 9.19. The molecule has 62 heavy (non-hydrogen) atoms. The second kappa shape index (κ2) is 18.0. The number of fused-ring (bicyclic) bond motifs is 4. The van der Waals surface area contributed by atoms with E-state index < -0.39 is 17.8 Å². The molecular formula is C52H54N4O6. The molecule has 7 rings (SSSR count). The van der Waals surface area contributed by atoms with Gasteiger partial charge in [0.25, 0.3) is 0 Å². The van der Waals surface area contributed by atoms with Gasteiger partial charge in [0.1, 0.15) is 5.60 Å². The molecule has 0 unspecified atom stereocenters. The molecule has 0 atom stereocenters. The summed E-state index contributed by atoms with van der Waals surface area (Å²) in [5.74, 6) is -0.164. The van der Waals surface area contributed by atoms with Crippen molar-refractivity contribution in [2.45, 2.75) is 65.4 Å². The average molecular weight is 831 g/mol. The lowest BCUT2D eigenvalue weighted by atomic mass is 9.91. The van der Waals surface area contributed by atoms with E-state index in [0.717, 1.165) is 76.5 Å². The van der Waals surface area contributed by atoms with Crippen molar-refractivity contribution in [1.82, 2.24) is 19.6 Å². The van der Waals surface area contributed by atoms with Crippen LogP contribution in [0.25, 0.3) is 43.1 Å². The number of carbonyl (C=O) groups is 4. The number of hydrogen-bond donors (Lipinski definition) is 1. The lowest BCUT2D eigenvalue weighted by Gasteiger charge is -2.26. The summed E-state index contributed by atoms with van der Waals surface area (Å²) in [4.78, 5) is 59.4. The van der Waals surface area contributed by atoms with Gasteiger partial charge in [0.05, 0.1) is 12.8 Å². The standard InChI is InChI=1S/C52H54N4O6/c1-52(2,3)62-51(61)56(7)33-47-42-26-16-12-22-38(42)45(39-23-13-17-27-43(39)47)31-54(5)49(58)29-35-19-9-8-18-34(35)28-48(57)53(4)30-44-36-20-10-14-24-40(36)46(32-55(6)50(59)60)41-25-15-11-21-37(41)44/h8-27H,28-33H2,1-7H3,(H,59,60). The van der Waals surface area contributed by atoms with E-state index in [4.69, 9.17) is 4.74 Å². The molecule has 0 radical (unpaired) electrons. The topological polar surface area (TPSA) is 111 Å². The highest BCUT2D eigenvalue weighted by atomic mass is 16.6. The number of benzene rings is 7. The molecule has 4 amide bonds. The molecule has 1 N–H and O–H groups in total. The number of nitrogens with zero attached hydrogens (tertiary/aromatic N) is 4. The normalized spacial score (nSPS) is 11.5. The van der Waals surface area contributed by atoms with Crippen LogP contribution in [0.4, 0.5) is 9.59 Å². The van der Waals surface area contributed by atoms with E-state index in [0.29, 0.717) is 19.6 Å². The molecule has 0 aliphatic carbocycles. The maximum atomic E-state index is 14.1. The molecular weight excluding hydrogens is 777 g/mol. The average Bonchev–Trinajstić information content (AvgIpc) is 3.25. The van der Waals surface area contributed by atoms with Gasteiger partial charge in [-0.25, -0.2) is 9.59 Å². The van der Waals surface area contributed by atoms with Crippen LogP contribution in [-0.2, 0) is 53.3 Å². The molecule has 0 aliphatic rings. The molecule has 0 saturated heterocycles. The van der Waals surface area contributed by atoms with Gasteiger partial charge in [0.2, 0.25) is 11.8 Å². The Morgan fingerprint density at radius 1 is 0.435 bits per heavy atom. The van der Waals surface area contributed by atoms with Crippen LogP contribution < -0.4 is 0 Å². The Hall–Kier alpha value is -6.94. The van der Waals surface area contributed by atoms with Crippen LogP contribution in [0.15, 0.2) is 121 Å². The van der Waals surface area contributed by atoms with E-state index in [9.17, 15) is 24.3 Å². The van der Waals surface area contributed by atoms with Gasteiger partial charge in [-0.1, -0.05) is 121 Å². The maximum Gasteiger partial charge on any atom is 0.410 e. The Kier molecular flexibility index (Phi) is 12.5. The van der Waals surface area contributed by atoms with Gasteiger partial charge in [-0.05, 0) is 97.2 Å².